The Bertz CT molecular complexity index is 820. The molecule has 0 aromatic heterocycles. The zero-order chi connectivity index (χ0) is 20.5. The topological polar surface area (TPSA) is 85.2 Å². The predicted octanol–water partition coefficient (Wildman–Crippen LogP) is 4.03. The molecule has 0 saturated carbocycles. The Labute approximate surface area is 168 Å². The number of benzene rings is 2. The molecule has 0 heterocycles. The van der Waals surface area contributed by atoms with Crippen molar-refractivity contribution in [1.29, 1.82) is 0 Å². The number of rotatable bonds is 7. The van der Waals surface area contributed by atoms with E-state index in [-0.39, 0.29) is 18.9 Å². The SMILES string of the molecule is CCOC(=O)[C@@H](O)[C@H](C)/C(=N/C(=O)OCc1ccccc1)c1ccc(Cl)cc1. The van der Waals surface area contributed by atoms with Crippen molar-refractivity contribution in [2.24, 2.45) is 10.9 Å². The van der Waals surface area contributed by atoms with Gasteiger partial charge in [0.2, 0.25) is 0 Å². The molecule has 0 saturated heterocycles. The smallest absolute Gasteiger partial charge is 0.434 e. The Morgan fingerprint density at radius 1 is 1.07 bits per heavy atom. The first-order valence-corrected chi connectivity index (χ1v) is 9.20. The Hall–Kier alpha value is -2.70. The zero-order valence-electron chi connectivity index (χ0n) is 15.7. The van der Waals surface area contributed by atoms with E-state index in [0.717, 1.165) is 5.56 Å². The fourth-order valence-corrected chi connectivity index (χ4v) is 2.61. The molecule has 2 atom stereocenters. The van der Waals surface area contributed by atoms with Gasteiger partial charge in [0.05, 0.1) is 12.3 Å². The van der Waals surface area contributed by atoms with Crippen LogP contribution in [0.4, 0.5) is 4.79 Å². The summed E-state index contributed by atoms with van der Waals surface area (Å²) in [4.78, 5) is 28.2. The average molecular weight is 404 g/mol. The number of halogens is 1. The van der Waals surface area contributed by atoms with Crippen molar-refractivity contribution in [3.05, 3.63) is 70.7 Å². The normalized spacial score (nSPS) is 13.5. The van der Waals surface area contributed by atoms with Crippen LogP contribution in [0.25, 0.3) is 0 Å². The van der Waals surface area contributed by atoms with Crippen molar-refractivity contribution in [1.82, 2.24) is 0 Å². The van der Waals surface area contributed by atoms with Gasteiger partial charge in [0, 0.05) is 10.9 Å². The van der Waals surface area contributed by atoms with Gasteiger partial charge in [-0.25, -0.2) is 9.59 Å². The highest BCUT2D eigenvalue weighted by Gasteiger charge is 2.29. The van der Waals surface area contributed by atoms with Crippen LogP contribution in [0.5, 0.6) is 0 Å². The van der Waals surface area contributed by atoms with Gasteiger partial charge < -0.3 is 14.6 Å². The number of aliphatic hydroxyl groups is 1. The number of nitrogens with zero attached hydrogens (tertiary/aromatic N) is 1. The van der Waals surface area contributed by atoms with Crippen molar-refractivity contribution >= 4 is 29.4 Å². The number of aliphatic hydroxyl groups excluding tert-OH is 1. The van der Waals surface area contributed by atoms with Crippen molar-refractivity contribution in [2.75, 3.05) is 6.61 Å². The van der Waals surface area contributed by atoms with E-state index in [0.29, 0.717) is 10.6 Å². The summed E-state index contributed by atoms with van der Waals surface area (Å²) in [5.41, 5.74) is 1.56. The molecule has 6 nitrogen and oxygen atoms in total. The highest BCUT2D eigenvalue weighted by atomic mass is 35.5. The summed E-state index contributed by atoms with van der Waals surface area (Å²) >= 11 is 5.92. The molecule has 0 aliphatic heterocycles. The van der Waals surface area contributed by atoms with Gasteiger partial charge in [0.15, 0.2) is 6.10 Å². The fraction of sp³-hybridized carbons (Fsp3) is 0.286. The Balaban J connectivity index is 2.23. The molecule has 2 aromatic rings. The quantitative estimate of drug-likeness (QED) is 0.557. The Kier molecular flexibility index (Phi) is 8.17. The van der Waals surface area contributed by atoms with Gasteiger partial charge >= 0.3 is 12.1 Å². The summed E-state index contributed by atoms with van der Waals surface area (Å²) in [5, 5.41) is 10.8. The van der Waals surface area contributed by atoms with Crippen LogP contribution in [0.1, 0.15) is 25.0 Å². The lowest BCUT2D eigenvalue weighted by molar-refractivity contribution is -0.154. The average Bonchev–Trinajstić information content (AvgIpc) is 2.71. The Morgan fingerprint density at radius 2 is 1.71 bits per heavy atom. The molecule has 0 unspecified atom stereocenters. The van der Waals surface area contributed by atoms with Crippen molar-refractivity contribution in [3.8, 4) is 0 Å². The van der Waals surface area contributed by atoms with E-state index >= 15 is 0 Å². The van der Waals surface area contributed by atoms with Crippen molar-refractivity contribution < 1.29 is 24.2 Å². The van der Waals surface area contributed by atoms with E-state index in [1.165, 1.54) is 0 Å². The molecule has 2 rings (SSSR count). The second kappa shape index (κ2) is 10.6. The van der Waals surface area contributed by atoms with E-state index in [1.807, 2.05) is 30.3 Å². The molecule has 7 heteroatoms. The first kappa shape index (κ1) is 21.6. The van der Waals surface area contributed by atoms with E-state index in [9.17, 15) is 14.7 Å². The number of carbonyl (C=O) groups excluding carboxylic acids is 2. The number of hydrogen-bond acceptors (Lipinski definition) is 5. The van der Waals surface area contributed by atoms with Crippen LogP contribution in [0.15, 0.2) is 59.6 Å². The van der Waals surface area contributed by atoms with Gasteiger partial charge in [-0.1, -0.05) is 61.0 Å². The molecule has 1 amide bonds. The van der Waals surface area contributed by atoms with Gasteiger partial charge in [-0.3, -0.25) is 0 Å². The fourth-order valence-electron chi connectivity index (χ4n) is 2.48. The minimum atomic E-state index is -1.48. The highest BCUT2D eigenvalue weighted by Crippen LogP contribution is 2.18. The van der Waals surface area contributed by atoms with E-state index in [4.69, 9.17) is 21.1 Å². The van der Waals surface area contributed by atoms with Crippen LogP contribution in [-0.4, -0.2) is 35.6 Å². The largest absolute Gasteiger partial charge is 0.464 e. The first-order valence-electron chi connectivity index (χ1n) is 8.82. The van der Waals surface area contributed by atoms with Crippen LogP contribution < -0.4 is 0 Å². The number of amides is 1. The van der Waals surface area contributed by atoms with Crippen LogP contribution in [-0.2, 0) is 20.9 Å². The summed E-state index contributed by atoms with van der Waals surface area (Å²) in [6, 6.07) is 15.7. The molecule has 1 N–H and O–H groups in total. The molecule has 0 spiro atoms. The molecule has 148 valence electrons. The lowest BCUT2D eigenvalue weighted by Crippen LogP contribution is -2.35. The van der Waals surface area contributed by atoms with Gasteiger partial charge in [-0.15, -0.1) is 0 Å². The molecule has 28 heavy (non-hydrogen) atoms. The van der Waals surface area contributed by atoms with Crippen molar-refractivity contribution in [3.63, 3.8) is 0 Å². The third-order valence-electron chi connectivity index (χ3n) is 3.99. The van der Waals surface area contributed by atoms with E-state index in [1.54, 1.807) is 38.1 Å². The molecule has 0 aliphatic carbocycles. The summed E-state index contributed by atoms with van der Waals surface area (Å²) in [5.74, 6) is -1.58. The van der Waals surface area contributed by atoms with Crippen LogP contribution in [0.3, 0.4) is 0 Å². The summed E-state index contributed by atoms with van der Waals surface area (Å²) in [7, 11) is 0. The minimum absolute atomic E-state index is 0.0614. The third kappa shape index (κ3) is 6.18. The first-order chi connectivity index (χ1) is 13.4. The monoisotopic (exact) mass is 403 g/mol. The molecule has 0 fully saturated rings. The summed E-state index contributed by atoms with van der Waals surface area (Å²) in [6.07, 6.45) is -2.30. The number of ether oxygens (including phenoxy) is 2. The molecule has 0 aliphatic rings. The molecular formula is C21H22ClNO5. The number of hydrogen-bond donors (Lipinski definition) is 1. The standard InChI is InChI=1S/C21H22ClNO5/c1-3-27-20(25)19(24)14(2)18(16-9-11-17(22)12-10-16)23-21(26)28-13-15-7-5-4-6-8-15/h4-12,14,19,24H,3,13H2,1-2H3/b23-18-/t14-,19+/m1/s1. The number of esters is 1. The van der Waals surface area contributed by atoms with Crippen molar-refractivity contribution in [2.45, 2.75) is 26.6 Å². The molecule has 2 aromatic carbocycles. The molecule has 0 radical (unpaired) electrons. The second-order valence-corrected chi connectivity index (χ2v) is 6.47. The summed E-state index contributed by atoms with van der Waals surface area (Å²) in [6.45, 7) is 3.42. The van der Waals surface area contributed by atoms with Crippen LogP contribution >= 0.6 is 11.6 Å². The maximum atomic E-state index is 12.3. The number of aliphatic imine (C=N–C) groups is 1. The highest BCUT2D eigenvalue weighted by molar-refractivity contribution is 6.30. The van der Waals surface area contributed by atoms with E-state index in [2.05, 4.69) is 4.99 Å². The zero-order valence-corrected chi connectivity index (χ0v) is 16.4. The van der Waals surface area contributed by atoms with E-state index < -0.39 is 24.1 Å². The summed E-state index contributed by atoms with van der Waals surface area (Å²) < 4.78 is 10.1. The van der Waals surface area contributed by atoms with Crippen LogP contribution in [0, 0.1) is 5.92 Å². The van der Waals surface area contributed by atoms with Gasteiger partial charge in [0.25, 0.3) is 0 Å². The van der Waals surface area contributed by atoms with Gasteiger partial charge in [-0.2, -0.15) is 4.99 Å². The predicted molar refractivity (Wildman–Crippen MR) is 106 cm³/mol. The van der Waals surface area contributed by atoms with Crippen LogP contribution in [0.2, 0.25) is 5.02 Å². The van der Waals surface area contributed by atoms with Gasteiger partial charge in [0.1, 0.15) is 6.61 Å². The third-order valence-corrected chi connectivity index (χ3v) is 4.24. The maximum Gasteiger partial charge on any atom is 0.434 e. The second-order valence-electron chi connectivity index (χ2n) is 6.03. The minimum Gasteiger partial charge on any atom is -0.464 e. The maximum absolute atomic E-state index is 12.3. The van der Waals surface area contributed by atoms with Gasteiger partial charge in [-0.05, 0) is 30.2 Å². The molecular weight excluding hydrogens is 382 g/mol. The molecule has 0 bridgehead atoms. The number of carbonyl (C=O) groups is 2. The lowest BCUT2D eigenvalue weighted by atomic mass is 9.93. The lowest BCUT2D eigenvalue weighted by Gasteiger charge is -2.19. The Morgan fingerprint density at radius 3 is 2.32 bits per heavy atom.